The summed E-state index contributed by atoms with van der Waals surface area (Å²) in [4.78, 5) is 20.8. The van der Waals surface area contributed by atoms with E-state index in [1.807, 2.05) is 0 Å². The molecule has 0 heterocycles. The van der Waals surface area contributed by atoms with E-state index in [2.05, 4.69) is 25.4 Å². The van der Waals surface area contributed by atoms with Gasteiger partial charge in [0, 0.05) is 12.1 Å². The Bertz CT molecular complexity index is 511. The Morgan fingerprint density at radius 3 is 2.74 bits per heavy atom. The van der Waals surface area contributed by atoms with E-state index in [1.165, 1.54) is 6.92 Å². The van der Waals surface area contributed by atoms with E-state index in [-0.39, 0.29) is 11.1 Å². The van der Waals surface area contributed by atoms with Crippen molar-refractivity contribution in [3.8, 4) is 5.75 Å². The number of hydrogen-bond acceptors (Lipinski definition) is 5. The molecule has 0 aliphatic heterocycles. The molecule has 1 rings (SSSR count). The van der Waals surface area contributed by atoms with E-state index in [1.54, 1.807) is 0 Å². The summed E-state index contributed by atoms with van der Waals surface area (Å²) in [7, 11) is 0. The third kappa shape index (κ3) is 3.85. The molecule has 6 nitrogen and oxygen atoms in total. The van der Waals surface area contributed by atoms with Gasteiger partial charge in [-0.05, 0) is 22.9 Å². The van der Waals surface area contributed by atoms with Crippen molar-refractivity contribution < 1.29 is 28.0 Å². The quantitative estimate of drug-likeness (QED) is 0.468. The molecule has 0 saturated heterocycles. The van der Waals surface area contributed by atoms with Crippen molar-refractivity contribution in [1.82, 2.24) is 0 Å². The Morgan fingerprint density at radius 2 is 2.21 bits per heavy atom. The number of esters is 1. The monoisotopic (exact) mass is 339 g/mol. The summed E-state index contributed by atoms with van der Waals surface area (Å²) in [5.41, 5.74) is -0.680. The minimum Gasteiger partial charge on any atom is -0.461 e. The lowest BCUT2D eigenvalue weighted by molar-refractivity contribution is -0.386. The van der Waals surface area contributed by atoms with Crippen LogP contribution >= 0.6 is 15.9 Å². The molecular formula is C10H8BrF2NO5. The predicted octanol–water partition coefficient (Wildman–Crippen LogP) is 2.73. The minimum absolute atomic E-state index is 0.0839. The van der Waals surface area contributed by atoms with Crippen LogP contribution in [0.4, 0.5) is 14.5 Å². The molecule has 0 spiro atoms. The first-order valence-corrected chi connectivity index (χ1v) is 5.77. The second-order valence-corrected chi connectivity index (χ2v) is 4.03. The SMILES string of the molecule is CCOC(=O)C(F)Oc1cc(F)c(Br)cc1[N+](=O)[O-]. The van der Waals surface area contributed by atoms with Crippen LogP contribution < -0.4 is 4.74 Å². The number of rotatable bonds is 5. The first kappa shape index (κ1) is 15.3. The van der Waals surface area contributed by atoms with Crippen molar-refractivity contribution in [1.29, 1.82) is 0 Å². The zero-order valence-electron chi connectivity index (χ0n) is 9.56. The van der Waals surface area contributed by atoms with E-state index < -0.39 is 34.5 Å². The molecule has 0 amide bonds. The molecule has 1 aromatic carbocycles. The third-order valence-electron chi connectivity index (χ3n) is 1.90. The van der Waals surface area contributed by atoms with Crippen molar-refractivity contribution in [2.24, 2.45) is 0 Å². The molecule has 0 bridgehead atoms. The van der Waals surface area contributed by atoms with Gasteiger partial charge in [-0.2, -0.15) is 4.39 Å². The van der Waals surface area contributed by atoms with Crippen LogP contribution in [0.3, 0.4) is 0 Å². The lowest BCUT2D eigenvalue weighted by Gasteiger charge is -2.10. The van der Waals surface area contributed by atoms with Gasteiger partial charge in [-0.15, -0.1) is 0 Å². The number of nitro benzene ring substituents is 1. The van der Waals surface area contributed by atoms with Crippen LogP contribution in [0.15, 0.2) is 16.6 Å². The van der Waals surface area contributed by atoms with Gasteiger partial charge < -0.3 is 9.47 Å². The minimum atomic E-state index is -2.57. The summed E-state index contributed by atoms with van der Waals surface area (Å²) >= 11 is 2.75. The van der Waals surface area contributed by atoms with Crippen molar-refractivity contribution in [3.63, 3.8) is 0 Å². The number of nitrogens with zero attached hydrogens (tertiary/aromatic N) is 1. The highest BCUT2D eigenvalue weighted by molar-refractivity contribution is 9.10. The predicted molar refractivity (Wildman–Crippen MR) is 62.9 cm³/mol. The number of halogens is 3. The van der Waals surface area contributed by atoms with Crippen LogP contribution in [0.5, 0.6) is 5.75 Å². The normalized spacial score (nSPS) is 11.8. The number of nitro groups is 1. The van der Waals surface area contributed by atoms with Crippen LogP contribution in [0.2, 0.25) is 0 Å². The maximum atomic E-state index is 13.3. The van der Waals surface area contributed by atoms with Crippen LogP contribution in [0.1, 0.15) is 6.92 Å². The summed E-state index contributed by atoms with van der Waals surface area (Å²) in [5.74, 6) is -2.94. The number of benzene rings is 1. The van der Waals surface area contributed by atoms with Gasteiger partial charge in [0.05, 0.1) is 16.0 Å². The maximum absolute atomic E-state index is 13.3. The zero-order chi connectivity index (χ0) is 14.6. The fourth-order valence-corrected chi connectivity index (χ4v) is 1.45. The summed E-state index contributed by atoms with van der Waals surface area (Å²) in [6, 6.07) is 1.41. The largest absolute Gasteiger partial charge is 0.461 e. The van der Waals surface area contributed by atoms with E-state index in [4.69, 9.17) is 0 Å². The molecular weight excluding hydrogens is 332 g/mol. The topological polar surface area (TPSA) is 78.7 Å². The Kier molecular flexibility index (Phi) is 5.16. The molecule has 0 aromatic heterocycles. The fourth-order valence-electron chi connectivity index (χ4n) is 1.12. The van der Waals surface area contributed by atoms with Gasteiger partial charge in [0.1, 0.15) is 5.82 Å². The van der Waals surface area contributed by atoms with E-state index >= 15 is 0 Å². The molecule has 0 fully saturated rings. The number of carbonyl (C=O) groups is 1. The van der Waals surface area contributed by atoms with E-state index in [0.717, 1.165) is 6.07 Å². The standard InChI is InChI=1S/C10H8BrF2NO5/c1-2-18-10(15)9(13)19-8-4-6(12)5(11)3-7(8)14(16)17/h3-4,9H,2H2,1H3. The molecule has 1 aromatic rings. The van der Waals surface area contributed by atoms with Gasteiger partial charge in [-0.3, -0.25) is 10.1 Å². The molecule has 104 valence electrons. The third-order valence-corrected chi connectivity index (χ3v) is 2.51. The first-order valence-electron chi connectivity index (χ1n) is 4.97. The summed E-state index contributed by atoms with van der Waals surface area (Å²) < 4.78 is 35.1. The Labute approximate surface area is 114 Å². The van der Waals surface area contributed by atoms with Crippen LogP contribution in [0, 0.1) is 15.9 Å². The fraction of sp³-hybridized carbons (Fsp3) is 0.300. The molecule has 9 heteroatoms. The average molecular weight is 340 g/mol. The number of alkyl halides is 1. The van der Waals surface area contributed by atoms with Crippen LogP contribution in [-0.4, -0.2) is 23.9 Å². The van der Waals surface area contributed by atoms with Crippen LogP contribution in [-0.2, 0) is 9.53 Å². The Balaban J connectivity index is 3.03. The molecule has 0 saturated carbocycles. The lowest BCUT2D eigenvalue weighted by Crippen LogP contribution is -2.25. The maximum Gasteiger partial charge on any atom is 0.381 e. The number of hydrogen-bond donors (Lipinski definition) is 0. The van der Waals surface area contributed by atoms with Gasteiger partial charge in [-0.1, -0.05) is 0 Å². The molecule has 0 aliphatic rings. The molecule has 0 N–H and O–H groups in total. The van der Waals surface area contributed by atoms with Gasteiger partial charge in [-0.25, -0.2) is 9.18 Å². The second kappa shape index (κ2) is 6.41. The first-order chi connectivity index (χ1) is 8.86. The summed E-state index contributed by atoms with van der Waals surface area (Å²) in [6.07, 6.45) is -2.57. The van der Waals surface area contributed by atoms with Crippen molar-refractivity contribution in [3.05, 3.63) is 32.5 Å². The second-order valence-electron chi connectivity index (χ2n) is 3.18. The zero-order valence-corrected chi connectivity index (χ0v) is 11.1. The summed E-state index contributed by atoms with van der Waals surface area (Å²) in [5, 5.41) is 10.7. The highest BCUT2D eigenvalue weighted by atomic mass is 79.9. The Hall–Kier alpha value is -1.77. The van der Waals surface area contributed by atoms with Crippen molar-refractivity contribution >= 4 is 27.6 Å². The molecule has 0 radical (unpaired) electrons. The Morgan fingerprint density at radius 1 is 1.58 bits per heavy atom. The highest BCUT2D eigenvalue weighted by Crippen LogP contribution is 2.33. The van der Waals surface area contributed by atoms with Gasteiger partial charge >= 0.3 is 18.0 Å². The van der Waals surface area contributed by atoms with E-state index in [9.17, 15) is 23.7 Å². The lowest BCUT2D eigenvalue weighted by atomic mass is 10.3. The molecule has 1 atom stereocenters. The number of carbonyl (C=O) groups excluding carboxylic acids is 1. The van der Waals surface area contributed by atoms with Crippen molar-refractivity contribution in [2.75, 3.05) is 6.61 Å². The molecule has 0 aliphatic carbocycles. The summed E-state index contributed by atoms with van der Waals surface area (Å²) in [6.45, 7) is 1.37. The van der Waals surface area contributed by atoms with Gasteiger partial charge in [0.15, 0.2) is 0 Å². The smallest absolute Gasteiger partial charge is 0.381 e. The number of ether oxygens (including phenoxy) is 2. The van der Waals surface area contributed by atoms with E-state index in [0.29, 0.717) is 6.07 Å². The molecule has 19 heavy (non-hydrogen) atoms. The highest BCUT2D eigenvalue weighted by Gasteiger charge is 2.26. The average Bonchev–Trinajstić information content (AvgIpc) is 2.33. The van der Waals surface area contributed by atoms with Gasteiger partial charge in [0.25, 0.3) is 0 Å². The van der Waals surface area contributed by atoms with Gasteiger partial charge in [0.2, 0.25) is 5.75 Å². The van der Waals surface area contributed by atoms with Crippen molar-refractivity contribution in [2.45, 2.75) is 13.3 Å². The molecule has 1 unspecified atom stereocenters. The van der Waals surface area contributed by atoms with Crippen LogP contribution in [0.25, 0.3) is 0 Å².